The van der Waals surface area contributed by atoms with Gasteiger partial charge in [0.1, 0.15) is 12.1 Å². The molecule has 0 unspecified atom stereocenters. The van der Waals surface area contributed by atoms with Crippen LogP contribution in [0.15, 0.2) is 6.33 Å². The largest absolute Gasteiger partial charge is 0.474 e. The first-order valence-corrected chi connectivity index (χ1v) is 7.50. The lowest BCUT2D eigenvalue weighted by Crippen LogP contribution is -2.10. The molecule has 0 saturated heterocycles. The van der Waals surface area contributed by atoms with E-state index in [-0.39, 0.29) is 0 Å². The number of rotatable bonds is 10. The molecule has 0 radical (unpaired) electrons. The third-order valence-corrected chi connectivity index (χ3v) is 2.89. The van der Waals surface area contributed by atoms with E-state index in [0.717, 1.165) is 32.4 Å². The first kappa shape index (κ1) is 15.5. The summed E-state index contributed by atoms with van der Waals surface area (Å²) in [6.07, 6.45) is 4.80. The van der Waals surface area contributed by atoms with Crippen molar-refractivity contribution in [1.29, 1.82) is 0 Å². The number of hydrogen-bond donors (Lipinski definition) is 2. The molecule has 2 aromatic heterocycles. The molecular weight excluding hydrogens is 270 g/mol. The summed E-state index contributed by atoms with van der Waals surface area (Å²) in [5.74, 6) is 1.05. The number of ether oxygens (including phenoxy) is 2. The molecule has 0 aliphatic rings. The Morgan fingerprint density at radius 2 is 2.05 bits per heavy atom. The van der Waals surface area contributed by atoms with Gasteiger partial charge in [0.2, 0.25) is 11.8 Å². The van der Waals surface area contributed by atoms with Crippen LogP contribution in [0.3, 0.4) is 0 Å². The Balaban J connectivity index is 1.95. The lowest BCUT2D eigenvalue weighted by Gasteiger charge is -2.09. The van der Waals surface area contributed by atoms with Gasteiger partial charge in [0.15, 0.2) is 5.65 Å². The predicted octanol–water partition coefficient (Wildman–Crippen LogP) is 2.37. The first-order chi connectivity index (χ1) is 10.3. The van der Waals surface area contributed by atoms with Gasteiger partial charge in [0.05, 0.1) is 12.9 Å². The molecule has 2 N–H and O–H groups in total. The lowest BCUT2D eigenvalue weighted by molar-refractivity contribution is 0.0970. The quantitative estimate of drug-likeness (QED) is 0.654. The van der Waals surface area contributed by atoms with Crippen LogP contribution in [0, 0.1) is 0 Å². The van der Waals surface area contributed by atoms with Gasteiger partial charge in [-0.15, -0.1) is 0 Å². The van der Waals surface area contributed by atoms with Crippen LogP contribution >= 0.6 is 0 Å². The van der Waals surface area contributed by atoms with E-state index >= 15 is 0 Å². The molecule has 0 atom stereocenters. The van der Waals surface area contributed by atoms with Gasteiger partial charge >= 0.3 is 0 Å². The van der Waals surface area contributed by atoms with Crippen LogP contribution in [0.1, 0.15) is 33.1 Å². The number of nitrogens with zero attached hydrogens (tertiary/aromatic N) is 3. The summed E-state index contributed by atoms with van der Waals surface area (Å²) >= 11 is 0. The molecule has 2 rings (SSSR count). The van der Waals surface area contributed by atoms with Crippen molar-refractivity contribution in [2.75, 3.05) is 31.7 Å². The second kappa shape index (κ2) is 8.41. The molecule has 0 aromatic carbocycles. The number of anilines is 1. The second-order valence-electron chi connectivity index (χ2n) is 4.69. The molecule has 0 aliphatic heterocycles. The molecule has 2 aromatic rings. The Morgan fingerprint density at radius 1 is 1.14 bits per heavy atom. The number of hydrogen-bond acceptors (Lipinski definition) is 6. The maximum atomic E-state index is 5.69. The molecule has 0 spiro atoms. The minimum absolute atomic E-state index is 0.460. The van der Waals surface area contributed by atoms with Crippen LogP contribution in [-0.4, -0.2) is 46.3 Å². The van der Waals surface area contributed by atoms with E-state index in [1.807, 2.05) is 0 Å². The van der Waals surface area contributed by atoms with Crippen LogP contribution in [0.5, 0.6) is 5.88 Å². The van der Waals surface area contributed by atoms with E-state index in [1.165, 1.54) is 0 Å². The van der Waals surface area contributed by atoms with E-state index in [2.05, 4.69) is 39.1 Å². The van der Waals surface area contributed by atoms with Crippen molar-refractivity contribution < 1.29 is 9.47 Å². The molecule has 7 nitrogen and oxygen atoms in total. The van der Waals surface area contributed by atoms with E-state index < -0.39 is 0 Å². The third-order valence-electron chi connectivity index (χ3n) is 2.89. The average Bonchev–Trinajstić information content (AvgIpc) is 2.97. The fourth-order valence-corrected chi connectivity index (χ4v) is 1.77. The molecule has 116 valence electrons. The van der Waals surface area contributed by atoms with Gasteiger partial charge in [-0.05, 0) is 12.8 Å². The van der Waals surface area contributed by atoms with Gasteiger partial charge in [-0.25, -0.2) is 4.98 Å². The monoisotopic (exact) mass is 293 g/mol. The van der Waals surface area contributed by atoms with Crippen LogP contribution in [0.2, 0.25) is 0 Å². The zero-order chi connectivity index (χ0) is 14.9. The number of unbranched alkanes of at least 4 members (excludes halogenated alkanes) is 1. The summed E-state index contributed by atoms with van der Waals surface area (Å²) in [4.78, 5) is 15.9. The summed E-state index contributed by atoms with van der Waals surface area (Å²) in [5.41, 5.74) is 1.32. The zero-order valence-corrected chi connectivity index (χ0v) is 12.7. The summed E-state index contributed by atoms with van der Waals surface area (Å²) in [6.45, 7) is 6.83. The molecular formula is C14H23N5O2. The second-order valence-corrected chi connectivity index (χ2v) is 4.69. The summed E-state index contributed by atoms with van der Waals surface area (Å²) in [7, 11) is 0. The van der Waals surface area contributed by atoms with E-state index in [1.54, 1.807) is 6.33 Å². The first-order valence-electron chi connectivity index (χ1n) is 7.50. The zero-order valence-electron chi connectivity index (χ0n) is 12.7. The fraction of sp³-hybridized carbons (Fsp3) is 0.643. The van der Waals surface area contributed by atoms with Gasteiger partial charge in [-0.1, -0.05) is 20.3 Å². The van der Waals surface area contributed by atoms with Crippen molar-refractivity contribution in [3.8, 4) is 5.88 Å². The number of fused-ring (bicyclic) bond motifs is 1. The highest BCUT2D eigenvalue weighted by Crippen LogP contribution is 2.20. The SMILES string of the molecule is CCCCOCCOc1nc(NCCC)nc2nc[nH]c12. The molecule has 0 amide bonds. The topological polar surface area (TPSA) is 84.9 Å². The summed E-state index contributed by atoms with van der Waals surface area (Å²) < 4.78 is 11.2. The number of imidazole rings is 1. The van der Waals surface area contributed by atoms with Crippen LogP contribution in [-0.2, 0) is 4.74 Å². The Morgan fingerprint density at radius 3 is 2.86 bits per heavy atom. The van der Waals surface area contributed by atoms with Crippen LogP contribution in [0.25, 0.3) is 11.2 Å². The molecule has 0 saturated carbocycles. The number of aromatic amines is 1. The third kappa shape index (κ3) is 4.56. The normalized spacial score (nSPS) is 11.0. The number of aromatic nitrogens is 4. The Kier molecular flexibility index (Phi) is 6.21. The average molecular weight is 293 g/mol. The van der Waals surface area contributed by atoms with Crippen molar-refractivity contribution in [2.45, 2.75) is 33.1 Å². The van der Waals surface area contributed by atoms with Gasteiger partial charge in [0.25, 0.3) is 0 Å². The fourth-order valence-electron chi connectivity index (χ4n) is 1.77. The Hall–Kier alpha value is -1.89. The summed E-state index contributed by atoms with van der Waals surface area (Å²) in [6, 6.07) is 0. The van der Waals surface area contributed by atoms with Crippen LogP contribution in [0.4, 0.5) is 5.95 Å². The van der Waals surface area contributed by atoms with Crippen molar-refractivity contribution in [3.63, 3.8) is 0 Å². The molecule has 21 heavy (non-hydrogen) atoms. The number of H-pyrrole nitrogens is 1. The maximum absolute atomic E-state index is 5.69. The molecule has 7 heteroatoms. The van der Waals surface area contributed by atoms with Crippen LogP contribution < -0.4 is 10.1 Å². The smallest absolute Gasteiger partial charge is 0.245 e. The summed E-state index contributed by atoms with van der Waals surface area (Å²) in [5, 5.41) is 3.15. The van der Waals surface area contributed by atoms with Crippen molar-refractivity contribution in [1.82, 2.24) is 19.9 Å². The van der Waals surface area contributed by atoms with Crippen molar-refractivity contribution in [3.05, 3.63) is 6.33 Å². The van der Waals surface area contributed by atoms with E-state index in [9.17, 15) is 0 Å². The van der Waals surface area contributed by atoms with E-state index in [0.29, 0.717) is 36.2 Å². The minimum Gasteiger partial charge on any atom is -0.474 e. The highest BCUT2D eigenvalue weighted by Gasteiger charge is 2.10. The lowest BCUT2D eigenvalue weighted by atomic mass is 10.4. The van der Waals surface area contributed by atoms with E-state index in [4.69, 9.17) is 9.47 Å². The Bertz CT molecular complexity index is 543. The molecule has 0 aliphatic carbocycles. The molecule has 2 heterocycles. The standard InChI is InChI=1S/C14H23N5O2/c1-3-5-7-20-8-9-21-13-11-12(17-10-16-11)18-14(19-13)15-6-4-2/h10H,3-9H2,1-2H3,(H2,15,16,17,18,19). The highest BCUT2D eigenvalue weighted by molar-refractivity contribution is 5.76. The van der Waals surface area contributed by atoms with Crippen molar-refractivity contribution >= 4 is 17.1 Å². The van der Waals surface area contributed by atoms with Crippen molar-refractivity contribution in [2.24, 2.45) is 0 Å². The maximum Gasteiger partial charge on any atom is 0.245 e. The van der Waals surface area contributed by atoms with Gasteiger partial charge in [-0.3, -0.25) is 0 Å². The number of nitrogens with one attached hydrogen (secondary N) is 2. The Labute approximate surface area is 124 Å². The highest BCUT2D eigenvalue weighted by atomic mass is 16.5. The molecule has 0 bridgehead atoms. The van der Waals surface area contributed by atoms with Gasteiger partial charge in [-0.2, -0.15) is 9.97 Å². The van der Waals surface area contributed by atoms with Gasteiger partial charge < -0.3 is 19.8 Å². The minimum atomic E-state index is 0.460. The molecule has 0 fully saturated rings. The predicted molar refractivity (Wildman–Crippen MR) is 81.7 cm³/mol. The van der Waals surface area contributed by atoms with Gasteiger partial charge in [0, 0.05) is 13.2 Å².